The zero-order chi connectivity index (χ0) is 12.8. The van der Waals surface area contributed by atoms with Crippen LogP contribution in [0.15, 0.2) is 0 Å². The van der Waals surface area contributed by atoms with Gasteiger partial charge in [-0.05, 0) is 32.6 Å². The molecule has 0 amide bonds. The summed E-state index contributed by atoms with van der Waals surface area (Å²) in [5, 5.41) is 35.3. The Morgan fingerprint density at radius 2 is 1.50 bits per heavy atom. The number of aliphatic hydroxyl groups excluding tert-OH is 3. The summed E-state index contributed by atoms with van der Waals surface area (Å²) in [5.41, 5.74) is -0.806. The van der Waals surface area contributed by atoms with Crippen molar-refractivity contribution in [2.45, 2.75) is 58.2 Å². The second-order valence-electron chi connectivity index (χ2n) is 5.71. The van der Waals surface area contributed by atoms with Crippen LogP contribution in [-0.2, 0) is 0 Å². The molecule has 4 N–H and O–H groups in total. The normalized spacial score (nSPS) is 30.6. The van der Waals surface area contributed by atoms with Crippen LogP contribution < -0.4 is 0 Å². The highest BCUT2D eigenvalue weighted by atomic mass is 16.3. The van der Waals surface area contributed by atoms with Gasteiger partial charge in [-0.25, -0.2) is 0 Å². The van der Waals surface area contributed by atoms with E-state index < -0.39 is 5.60 Å². The second-order valence-corrected chi connectivity index (χ2v) is 5.71. The zero-order valence-corrected chi connectivity index (χ0v) is 10.6. The lowest BCUT2D eigenvalue weighted by Crippen LogP contribution is -2.32. The van der Waals surface area contributed by atoms with Crippen LogP contribution in [0, 0.1) is 5.41 Å². The van der Waals surface area contributed by atoms with Gasteiger partial charge in [0.25, 0.3) is 0 Å². The van der Waals surface area contributed by atoms with Crippen molar-refractivity contribution < 1.29 is 20.4 Å². The standard InChI is InChI=1S/C7H14O2.C5H12O2/c1-7(9)4-2-6(8)3-5-7;1-5(2,3-6)4-7/h6,8-9H,2-5H2,1H3;6-7H,3-4H2,1-2H3. The molecule has 1 saturated carbocycles. The average Bonchev–Trinajstić information content (AvgIpc) is 2.24. The molecule has 0 aromatic carbocycles. The van der Waals surface area contributed by atoms with Crippen LogP contribution in [-0.4, -0.2) is 45.3 Å². The molecule has 4 heteroatoms. The van der Waals surface area contributed by atoms with Crippen molar-refractivity contribution in [3.05, 3.63) is 0 Å². The Hall–Kier alpha value is -0.160. The molecule has 1 rings (SSSR count). The minimum Gasteiger partial charge on any atom is -0.396 e. The average molecular weight is 234 g/mol. The summed E-state index contributed by atoms with van der Waals surface area (Å²) in [6, 6.07) is 0. The molecule has 0 unspecified atom stereocenters. The summed E-state index contributed by atoms with van der Waals surface area (Å²) in [6.07, 6.45) is 2.84. The maximum absolute atomic E-state index is 9.38. The van der Waals surface area contributed by atoms with Crippen molar-refractivity contribution in [3.63, 3.8) is 0 Å². The van der Waals surface area contributed by atoms with E-state index in [1.54, 1.807) is 13.8 Å². The van der Waals surface area contributed by atoms with Gasteiger partial charge in [-0.15, -0.1) is 0 Å². The molecule has 0 aliphatic heterocycles. The molecule has 0 spiro atoms. The van der Waals surface area contributed by atoms with Gasteiger partial charge in [0.2, 0.25) is 0 Å². The Bertz CT molecular complexity index is 173. The molecule has 0 atom stereocenters. The van der Waals surface area contributed by atoms with Crippen molar-refractivity contribution in [2.24, 2.45) is 5.41 Å². The van der Waals surface area contributed by atoms with Gasteiger partial charge in [-0.1, -0.05) is 13.8 Å². The third-order valence-electron chi connectivity index (χ3n) is 2.89. The molecular weight excluding hydrogens is 208 g/mol. The van der Waals surface area contributed by atoms with Crippen LogP contribution in [0.1, 0.15) is 46.5 Å². The molecular formula is C12H26O4. The van der Waals surface area contributed by atoms with Gasteiger partial charge < -0.3 is 20.4 Å². The van der Waals surface area contributed by atoms with Crippen molar-refractivity contribution in [2.75, 3.05) is 13.2 Å². The maximum atomic E-state index is 9.38. The van der Waals surface area contributed by atoms with Gasteiger partial charge in [-0.2, -0.15) is 0 Å². The summed E-state index contributed by atoms with van der Waals surface area (Å²) in [4.78, 5) is 0. The summed E-state index contributed by atoms with van der Waals surface area (Å²) in [5.74, 6) is 0. The predicted octanol–water partition coefficient (Wildman–Crippen LogP) is 0.670. The smallest absolute Gasteiger partial charge is 0.0621 e. The molecule has 0 bridgehead atoms. The van der Waals surface area contributed by atoms with E-state index in [0.717, 1.165) is 25.7 Å². The van der Waals surface area contributed by atoms with E-state index in [9.17, 15) is 5.11 Å². The fraction of sp³-hybridized carbons (Fsp3) is 1.00. The Labute approximate surface area is 97.9 Å². The van der Waals surface area contributed by atoms with Crippen molar-refractivity contribution in [3.8, 4) is 0 Å². The van der Waals surface area contributed by atoms with E-state index in [-0.39, 0.29) is 24.7 Å². The summed E-state index contributed by atoms with van der Waals surface area (Å²) in [6.45, 7) is 5.52. The van der Waals surface area contributed by atoms with E-state index in [1.165, 1.54) is 0 Å². The fourth-order valence-corrected chi connectivity index (χ4v) is 1.27. The minimum atomic E-state index is -0.501. The predicted molar refractivity (Wildman–Crippen MR) is 63.1 cm³/mol. The Balaban J connectivity index is 0.000000293. The van der Waals surface area contributed by atoms with E-state index in [2.05, 4.69) is 0 Å². The van der Waals surface area contributed by atoms with E-state index in [0.29, 0.717) is 0 Å². The molecule has 1 aliphatic rings. The van der Waals surface area contributed by atoms with Gasteiger partial charge in [0.15, 0.2) is 0 Å². The van der Waals surface area contributed by atoms with Crippen LogP contribution in [0.5, 0.6) is 0 Å². The third kappa shape index (κ3) is 7.17. The molecule has 0 aromatic rings. The van der Waals surface area contributed by atoms with Gasteiger partial charge in [0.1, 0.15) is 0 Å². The first kappa shape index (κ1) is 15.8. The number of aliphatic hydroxyl groups is 4. The maximum Gasteiger partial charge on any atom is 0.0621 e. The Kier molecular flexibility index (Phi) is 6.48. The molecule has 16 heavy (non-hydrogen) atoms. The van der Waals surface area contributed by atoms with Crippen LogP contribution >= 0.6 is 0 Å². The van der Waals surface area contributed by atoms with Crippen LogP contribution in [0.4, 0.5) is 0 Å². The van der Waals surface area contributed by atoms with Crippen LogP contribution in [0.2, 0.25) is 0 Å². The lowest BCUT2D eigenvalue weighted by Gasteiger charge is -2.30. The monoisotopic (exact) mass is 234 g/mol. The Morgan fingerprint density at radius 3 is 1.69 bits per heavy atom. The molecule has 98 valence electrons. The lowest BCUT2D eigenvalue weighted by molar-refractivity contribution is -0.0175. The SMILES string of the molecule is CC(C)(CO)CO.CC1(O)CCC(O)CC1. The molecule has 0 radical (unpaired) electrons. The van der Waals surface area contributed by atoms with Gasteiger partial charge in [0, 0.05) is 5.41 Å². The highest BCUT2D eigenvalue weighted by Gasteiger charge is 2.27. The topological polar surface area (TPSA) is 80.9 Å². The molecule has 4 nitrogen and oxygen atoms in total. The van der Waals surface area contributed by atoms with E-state index in [1.807, 2.05) is 6.92 Å². The number of rotatable bonds is 2. The zero-order valence-electron chi connectivity index (χ0n) is 10.6. The quantitative estimate of drug-likeness (QED) is 0.566. The first-order valence-electron chi connectivity index (χ1n) is 5.84. The Morgan fingerprint density at radius 1 is 1.12 bits per heavy atom. The van der Waals surface area contributed by atoms with Crippen molar-refractivity contribution >= 4 is 0 Å². The molecule has 1 aliphatic carbocycles. The second kappa shape index (κ2) is 6.55. The van der Waals surface area contributed by atoms with Gasteiger partial charge in [0.05, 0.1) is 24.9 Å². The molecule has 1 fully saturated rings. The summed E-state index contributed by atoms with van der Waals surface area (Å²) < 4.78 is 0. The minimum absolute atomic E-state index is 0.0451. The van der Waals surface area contributed by atoms with Crippen LogP contribution in [0.25, 0.3) is 0 Å². The van der Waals surface area contributed by atoms with Crippen molar-refractivity contribution in [1.29, 1.82) is 0 Å². The summed E-state index contributed by atoms with van der Waals surface area (Å²) in [7, 11) is 0. The van der Waals surface area contributed by atoms with Gasteiger partial charge in [-0.3, -0.25) is 0 Å². The lowest BCUT2D eigenvalue weighted by atomic mass is 9.85. The third-order valence-corrected chi connectivity index (χ3v) is 2.89. The first-order valence-corrected chi connectivity index (χ1v) is 5.84. The molecule has 0 aromatic heterocycles. The molecule has 0 heterocycles. The van der Waals surface area contributed by atoms with E-state index in [4.69, 9.17) is 15.3 Å². The summed E-state index contributed by atoms with van der Waals surface area (Å²) >= 11 is 0. The van der Waals surface area contributed by atoms with Gasteiger partial charge >= 0.3 is 0 Å². The van der Waals surface area contributed by atoms with Crippen LogP contribution in [0.3, 0.4) is 0 Å². The molecule has 0 saturated heterocycles. The highest BCUT2D eigenvalue weighted by Crippen LogP contribution is 2.27. The van der Waals surface area contributed by atoms with Crippen molar-refractivity contribution in [1.82, 2.24) is 0 Å². The highest BCUT2D eigenvalue weighted by molar-refractivity contribution is 4.80. The fourth-order valence-electron chi connectivity index (χ4n) is 1.27. The van der Waals surface area contributed by atoms with E-state index >= 15 is 0 Å². The largest absolute Gasteiger partial charge is 0.396 e. The first-order chi connectivity index (χ1) is 7.22. The number of hydrogen-bond acceptors (Lipinski definition) is 4. The number of hydrogen-bond donors (Lipinski definition) is 4.